The van der Waals surface area contributed by atoms with Crippen LogP contribution in [-0.4, -0.2) is 11.0 Å². The Morgan fingerprint density at radius 3 is 1.25 bits per heavy atom. The Morgan fingerprint density at radius 1 is 1.25 bits per heavy atom. The standard InChI is InChI=1S/Co.O.H4Si.Zn/h;;1H4;. The van der Waals surface area contributed by atoms with E-state index in [2.05, 4.69) is 15.7 Å². The van der Waals surface area contributed by atoms with E-state index in [1.165, 1.54) is 0 Å². The molecule has 0 heterocycles. The molecular weight excluding hydrogens is 168 g/mol. The van der Waals surface area contributed by atoms with Crippen LogP contribution < -0.4 is 0 Å². The summed E-state index contributed by atoms with van der Waals surface area (Å²) in [5, 5.41) is 0. The van der Waals surface area contributed by atoms with Crippen molar-refractivity contribution in [1.82, 2.24) is 0 Å². The van der Waals surface area contributed by atoms with Crippen molar-refractivity contribution >= 4 is 11.0 Å². The van der Waals surface area contributed by atoms with Gasteiger partial charge in [0.25, 0.3) is 0 Å². The van der Waals surface area contributed by atoms with Crippen molar-refractivity contribution in [2.75, 3.05) is 0 Å². The van der Waals surface area contributed by atoms with Gasteiger partial charge in [-0.05, 0) is 11.0 Å². The van der Waals surface area contributed by atoms with Gasteiger partial charge in [-0.25, -0.2) is 0 Å². The Kier molecular flexibility index (Phi) is 150. The molecule has 0 aliphatic rings. The molecule has 0 radical (unpaired) electrons. The number of hydrogen-bond donors (Lipinski definition) is 0. The zero-order valence-corrected chi connectivity index (χ0v) is 5.46. The zero-order chi connectivity index (χ0) is 2.00. The van der Waals surface area contributed by atoms with E-state index in [1.807, 2.05) is 0 Å². The van der Waals surface area contributed by atoms with Crippen molar-refractivity contribution in [3.63, 3.8) is 0 Å². The van der Waals surface area contributed by atoms with Gasteiger partial charge in [0, 0.05) is 19.5 Å². The molecule has 4 heteroatoms. The molecule has 1 nitrogen and oxygen atoms in total. The Balaban J connectivity index is -0.00000000500. The first-order chi connectivity index (χ1) is 1.00. The average molecular weight is 172 g/mol. The molecule has 0 rings (SSSR count). The Morgan fingerprint density at radius 2 is 1.25 bits per heavy atom. The maximum absolute atomic E-state index is 7.94. The number of rotatable bonds is 0. The fourth-order valence-corrected chi connectivity index (χ4v) is 0. The van der Waals surface area contributed by atoms with Crippen molar-refractivity contribution in [1.29, 1.82) is 0 Å². The smallest absolute Gasteiger partial charge is 0 e. The number of hydrogen-bond acceptors (Lipinski definition) is 1. The molecule has 0 aromatic heterocycles. The maximum Gasteiger partial charge on any atom is 0 e. The minimum Gasteiger partial charge on any atom is -0.0149 e. The van der Waals surface area contributed by atoms with Gasteiger partial charge in [-0.15, -0.1) is 0 Å². The van der Waals surface area contributed by atoms with E-state index in [9.17, 15) is 0 Å². The van der Waals surface area contributed by atoms with E-state index in [0.717, 1.165) is 0 Å². The Bertz CT molecular complexity index is 8.00. The van der Waals surface area contributed by atoms with Gasteiger partial charge in [-0.3, -0.25) is 0 Å². The first-order valence-electron chi connectivity index (χ1n) is 0.136. The Labute approximate surface area is 50.1 Å². The Hall–Kier alpha value is 1.15. The van der Waals surface area contributed by atoms with Gasteiger partial charge in [0.15, 0.2) is 0 Å². The summed E-state index contributed by atoms with van der Waals surface area (Å²) in [7, 11) is 0. The summed E-state index contributed by atoms with van der Waals surface area (Å²) in [4.78, 5) is 0. The van der Waals surface area contributed by atoms with E-state index in [0.29, 0.717) is 0 Å². The second-order valence-electron chi connectivity index (χ2n) is 0. The average Bonchev–Trinajstić information content (AvgIpc) is 1.00. The van der Waals surface area contributed by atoms with Crippen molar-refractivity contribution in [3.05, 3.63) is 0 Å². The third-order valence-corrected chi connectivity index (χ3v) is 0. The normalized spacial score (nSPS) is 1.25. The van der Waals surface area contributed by atoms with Gasteiger partial charge in [0.2, 0.25) is 0 Å². The zero-order valence-electron chi connectivity index (χ0n) is 1.45. The van der Waals surface area contributed by atoms with Crippen LogP contribution in [0.3, 0.4) is 0 Å². The summed E-state index contributed by atoms with van der Waals surface area (Å²) in [5.41, 5.74) is 0. The van der Waals surface area contributed by atoms with Gasteiger partial charge < -0.3 is 0 Å². The van der Waals surface area contributed by atoms with E-state index in [4.69, 9.17) is 3.87 Å². The van der Waals surface area contributed by atoms with Crippen molar-refractivity contribution in [2.45, 2.75) is 0 Å². The van der Waals surface area contributed by atoms with Crippen LogP contribution in [0.5, 0.6) is 0 Å². The summed E-state index contributed by atoms with van der Waals surface area (Å²) >= 11 is 2.31. The fourth-order valence-electron chi connectivity index (χ4n) is 0. The predicted octanol–water partition coefficient (Wildman–Crippen LogP) is -1.58. The van der Waals surface area contributed by atoms with Gasteiger partial charge in [-0.1, -0.05) is 0 Å². The molecule has 25 valence electrons. The fraction of sp³-hybridized carbons (Fsp3) is 0. The molecule has 0 aromatic rings. The first kappa shape index (κ1) is 19.2. The van der Waals surface area contributed by atoms with E-state index in [-0.39, 0.29) is 30.4 Å². The summed E-state index contributed by atoms with van der Waals surface area (Å²) in [6.45, 7) is 0. The molecule has 4 heavy (non-hydrogen) atoms. The second kappa shape index (κ2) is 31.2. The van der Waals surface area contributed by atoms with Crippen molar-refractivity contribution in [3.8, 4) is 0 Å². The molecule has 0 atom stereocenters. The minimum absolute atomic E-state index is 0. The minimum atomic E-state index is 0. The van der Waals surface area contributed by atoms with Crippen LogP contribution >= 0.6 is 0 Å². The van der Waals surface area contributed by atoms with Gasteiger partial charge in [0.1, 0.15) is 0 Å². The third-order valence-electron chi connectivity index (χ3n) is 0. The van der Waals surface area contributed by atoms with Crippen LogP contribution in [-0.2, 0) is 39.0 Å². The van der Waals surface area contributed by atoms with Crippen LogP contribution in [0.4, 0.5) is 0 Å². The third kappa shape index (κ3) is 11.0. The van der Waals surface area contributed by atoms with Gasteiger partial charge >= 0.3 is 19.5 Å². The first-order valence-corrected chi connectivity index (χ1v) is 0.561. The second-order valence-corrected chi connectivity index (χ2v) is 0. The SMILES string of the molecule is [O]=[Co].[SiH4].[Zn]. The van der Waals surface area contributed by atoms with Crippen LogP contribution in [0.2, 0.25) is 0 Å². The van der Waals surface area contributed by atoms with E-state index < -0.39 is 0 Å². The maximum atomic E-state index is 7.94. The van der Waals surface area contributed by atoms with Crippen LogP contribution in [0.15, 0.2) is 0 Å². The molecule has 0 spiro atoms. The monoisotopic (exact) mass is 171 g/mol. The largest absolute Gasteiger partial charge is 0.0149 e. The molecule has 0 amide bonds. The molecule has 0 aromatic carbocycles. The molecule has 0 N–H and O–H groups in total. The van der Waals surface area contributed by atoms with Crippen molar-refractivity contribution in [2.24, 2.45) is 0 Å². The quantitative estimate of drug-likeness (QED) is 0.403. The van der Waals surface area contributed by atoms with Crippen LogP contribution in [0, 0.1) is 0 Å². The summed E-state index contributed by atoms with van der Waals surface area (Å²) in [6, 6.07) is 0. The molecule has 0 unspecified atom stereocenters. The molecule has 0 bridgehead atoms. The molecule has 0 saturated heterocycles. The summed E-state index contributed by atoms with van der Waals surface area (Å²) in [5.74, 6) is 0. The van der Waals surface area contributed by atoms with Crippen LogP contribution in [0.25, 0.3) is 0 Å². The molecule has 0 fully saturated rings. The molecular formula is H4CoOSiZn. The molecule has 0 saturated carbocycles. The summed E-state index contributed by atoms with van der Waals surface area (Å²) < 4.78 is 7.94. The van der Waals surface area contributed by atoms with Gasteiger partial charge in [0.05, 0.1) is 0 Å². The predicted molar refractivity (Wildman–Crippen MR) is 12.0 cm³/mol. The van der Waals surface area contributed by atoms with E-state index in [1.54, 1.807) is 0 Å². The van der Waals surface area contributed by atoms with Crippen LogP contribution in [0.1, 0.15) is 0 Å². The van der Waals surface area contributed by atoms with Crippen molar-refractivity contribution < 1.29 is 39.0 Å². The van der Waals surface area contributed by atoms with E-state index >= 15 is 0 Å². The summed E-state index contributed by atoms with van der Waals surface area (Å²) in [6.07, 6.45) is 0. The molecule has 0 aliphatic carbocycles. The van der Waals surface area contributed by atoms with Gasteiger partial charge in [-0.2, -0.15) is 0 Å². The topological polar surface area (TPSA) is 17.1 Å². The molecule has 0 aliphatic heterocycles.